The summed E-state index contributed by atoms with van der Waals surface area (Å²) in [5.41, 5.74) is 2.29. The quantitative estimate of drug-likeness (QED) is 0.910. The second kappa shape index (κ2) is 5.83. The highest BCUT2D eigenvalue weighted by Crippen LogP contribution is 2.35. The predicted octanol–water partition coefficient (Wildman–Crippen LogP) is 4.39. The minimum atomic E-state index is -0.873. The van der Waals surface area contributed by atoms with Gasteiger partial charge in [0.25, 0.3) is 0 Å². The van der Waals surface area contributed by atoms with Gasteiger partial charge in [-0.15, -0.1) is 0 Å². The van der Waals surface area contributed by atoms with Crippen molar-refractivity contribution < 1.29 is 9.84 Å². The van der Waals surface area contributed by atoms with E-state index in [0.29, 0.717) is 26.9 Å². The molecule has 2 aromatic rings. The number of benzene rings is 2. The first kappa shape index (κ1) is 14.2. The number of hydrogen-bond acceptors (Lipinski definition) is 2. The molecule has 1 N–H and O–H groups in total. The summed E-state index contributed by atoms with van der Waals surface area (Å²) >= 11 is 12.1. The SMILES string of the molecule is COc1cc(C)ccc1C(O)c1cc(Cl)ccc1Cl. The number of halogens is 2. The number of aryl methyl sites for hydroxylation is 1. The van der Waals surface area contributed by atoms with E-state index in [1.807, 2.05) is 25.1 Å². The number of rotatable bonds is 3. The van der Waals surface area contributed by atoms with Crippen molar-refractivity contribution in [3.05, 3.63) is 63.1 Å². The number of aliphatic hydroxyl groups is 1. The first-order valence-electron chi connectivity index (χ1n) is 5.80. The summed E-state index contributed by atoms with van der Waals surface area (Å²) in [4.78, 5) is 0. The molecule has 0 spiro atoms. The summed E-state index contributed by atoms with van der Waals surface area (Å²) < 4.78 is 5.30. The number of aliphatic hydroxyl groups excluding tert-OH is 1. The second-order valence-corrected chi connectivity index (χ2v) is 5.16. The van der Waals surface area contributed by atoms with E-state index >= 15 is 0 Å². The maximum absolute atomic E-state index is 10.5. The Balaban J connectivity index is 2.49. The molecule has 1 atom stereocenters. The van der Waals surface area contributed by atoms with Crippen molar-refractivity contribution >= 4 is 23.2 Å². The van der Waals surface area contributed by atoms with Crippen LogP contribution in [0.4, 0.5) is 0 Å². The third kappa shape index (κ3) is 3.03. The minimum Gasteiger partial charge on any atom is -0.496 e. The van der Waals surface area contributed by atoms with Crippen molar-refractivity contribution in [2.75, 3.05) is 7.11 Å². The summed E-state index contributed by atoms with van der Waals surface area (Å²) in [5.74, 6) is 0.628. The van der Waals surface area contributed by atoms with Crippen molar-refractivity contribution in [2.24, 2.45) is 0 Å². The van der Waals surface area contributed by atoms with Gasteiger partial charge in [0.05, 0.1) is 7.11 Å². The van der Waals surface area contributed by atoms with Crippen LogP contribution in [0.25, 0.3) is 0 Å². The zero-order valence-electron chi connectivity index (χ0n) is 10.7. The molecule has 2 nitrogen and oxygen atoms in total. The topological polar surface area (TPSA) is 29.5 Å². The van der Waals surface area contributed by atoms with E-state index in [9.17, 15) is 5.11 Å². The first-order valence-corrected chi connectivity index (χ1v) is 6.56. The fraction of sp³-hybridized carbons (Fsp3) is 0.200. The van der Waals surface area contributed by atoms with Crippen LogP contribution in [0.3, 0.4) is 0 Å². The van der Waals surface area contributed by atoms with Gasteiger partial charge in [0.15, 0.2) is 0 Å². The highest BCUT2D eigenvalue weighted by molar-refractivity contribution is 6.33. The standard InChI is InChI=1S/C15H14Cl2O2/c1-9-3-5-11(14(7-9)19-2)15(18)12-8-10(16)4-6-13(12)17/h3-8,15,18H,1-2H3. The molecule has 0 saturated heterocycles. The second-order valence-electron chi connectivity index (χ2n) is 4.31. The van der Waals surface area contributed by atoms with Crippen molar-refractivity contribution in [1.82, 2.24) is 0 Å². The van der Waals surface area contributed by atoms with E-state index in [4.69, 9.17) is 27.9 Å². The predicted molar refractivity (Wildman–Crippen MR) is 78.3 cm³/mol. The van der Waals surface area contributed by atoms with Crippen LogP contribution in [0.5, 0.6) is 5.75 Å². The van der Waals surface area contributed by atoms with E-state index in [-0.39, 0.29) is 0 Å². The fourth-order valence-corrected chi connectivity index (χ4v) is 2.34. The zero-order valence-corrected chi connectivity index (χ0v) is 12.2. The Hall–Kier alpha value is -1.22. The van der Waals surface area contributed by atoms with Crippen molar-refractivity contribution in [2.45, 2.75) is 13.0 Å². The van der Waals surface area contributed by atoms with Crippen LogP contribution in [0.2, 0.25) is 10.0 Å². The third-order valence-corrected chi connectivity index (χ3v) is 3.52. The molecule has 0 amide bonds. The summed E-state index contributed by atoms with van der Waals surface area (Å²) in [7, 11) is 1.57. The monoisotopic (exact) mass is 296 g/mol. The van der Waals surface area contributed by atoms with Gasteiger partial charge in [-0.1, -0.05) is 35.3 Å². The van der Waals surface area contributed by atoms with Crippen LogP contribution in [0.15, 0.2) is 36.4 Å². The molecular formula is C15H14Cl2O2. The van der Waals surface area contributed by atoms with E-state index in [1.54, 1.807) is 25.3 Å². The molecule has 0 heterocycles. The summed E-state index contributed by atoms with van der Waals surface area (Å²) in [6.07, 6.45) is -0.873. The molecule has 0 radical (unpaired) electrons. The highest BCUT2D eigenvalue weighted by Gasteiger charge is 2.18. The van der Waals surface area contributed by atoms with Crippen LogP contribution in [-0.4, -0.2) is 12.2 Å². The Morgan fingerprint density at radius 1 is 1.05 bits per heavy atom. The van der Waals surface area contributed by atoms with Crippen molar-refractivity contribution in [3.63, 3.8) is 0 Å². The lowest BCUT2D eigenvalue weighted by molar-refractivity contribution is 0.215. The van der Waals surface area contributed by atoms with E-state index < -0.39 is 6.10 Å². The molecule has 0 fully saturated rings. The van der Waals surface area contributed by atoms with Gasteiger partial charge in [-0.05, 0) is 36.8 Å². The Kier molecular flexibility index (Phi) is 4.35. The molecule has 100 valence electrons. The maximum atomic E-state index is 10.5. The molecule has 0 aliphatic heterocycles. The molecule has 2 aromatic carbocycles. The van der Waals surface area contributed by atoms with Crippen LogP contribution in [0, 0.1) is 6.92 Å². The molecule has 0 aliphatic rings. The summed E-state index contributed by atoms with van der Waals surface area (Å²) in [5, 5.41) is 11.5. The van der Waals surface area contributed by atoms with Gasteiger partial charge in [0.2, 0.25) is 0 Å². The lowest BCUT2D eigenvalue weighted by Gasteiger charge is -2.17. The Morgan fingerprint density at radius 2 is 1.79 bits per heavy atom. The largest absolute Gasteiger partial charge is 0.496 e. The minimum absolute atomic E-state index is 0.472. The van der Waals surface area contributed by atoms with Crippen molar-refractivity contribution in [3.8, 4) is 5.75 Å². The van der Waals surface area contributed by atoms with E-state index in [0.717, 1.165) is 5.56 Å². The average Bonchev–Trinajstić information content (AvgIpc) is 2.40. The lowest BCUT2D eigenvalue weighted by Crippen LogP contribution is -2.03. The van der Waals surface area contributed by atoms with Gasteiger partial charge < -0.3 is 9.84 Å². The van der Waals surface area contributed by atoms with Gasteiger partial charge in [-0.3, -0.25) is 0 Å². The lowest BCUT2D eigenvalue weighted by atomic mass is 9.99. The molecule has 0 bridgehead atoms. The summed E-state index contributed by atoms with van der Waals surface area (Å²) in [6, 6.07) is 10.6. The Labute approximate surface area is 122 Å². The average molecular weight is 297 g/mol. The first-order chi connectivity index (χ1) is 9.02. The number of ether oxygens (including phenoxy) is 1. The molecule has 2 rings (SSSR count). The van der Waals surface area contributed by atoms with Crippen LogP contribution in [-0.2, 0) is 0 Å². The molecule has 0 saturated carbocycles. The zero-order chi connectivity index (χ0) is 14.0. The van der Waals surface area contributed by atoms with Gasteiger partial charge in [0.1, 0.15) is 11.9 Å². The molecule has 19 heavy (non-hydrogen) atoms. The van der Waals surface area contributed by atoms with Gasteiger partial charge in [-0.2, -0.15) is 0 Å². The smallest absolute Gasteiger partial charge is 0.125 e. The van der Waals surface area contributed by atoms with Crippen LogP contribution >= 0.6 is 23.2 Å². The number of methoxy groups -OCH3 is 1. The molecule has 0 aliphatic carbocycles. The third-order valence-electron chi connectivity index (χ3n) is 2.94. The molecule has 4 heteroatoms. The van der Waals surface area contributed by atoms with Gasteiger partial charge >= 0.3 is 0 Å². The van der Waals surface area contributed by atoms with Crippen LogP contribution in [0.1, 0.15) is 22.8 Å². The van der Waals surface area contributed by atoms with Crippen LogP contribution < -0.4 is 4.74 Å². The highest BCUT2D eigenvalue weighted by atomic mass is 35.5. The van der Waals surface area contributed by atoms with E-state index in [1.165, 1.54) is 0 Å². The normalized spacial score (nSPS) is 12.3. The Morgan fingerprint density at radius 3 is 2.47 bits per heavy atom. The van der Waals surface area contributed by atoms with Gasteiger partial charge in [-0.25, -0.2) is 0 Å². The van der Waals surface area contributed by atoms with Crippen molar-refractivity contribution in [1.29, 1.82) is 0 Å². The fourth-order valence-electron chi connectivity index (χ4n) is 1.94. The number of hydrogen-bond donors (Lipinski definition) is 1. The van der Waals surface area contributed by atoms with Gasteiger partial charge in [0, 0.05) is 21.2 Å². The maximum Gasteiger partial charge on any atom is 0.125 e. The Bertz CT molecular complexity index is 597. The van der Waals surface area contributed by atoms with E-state index in [2.05, 4.69) is 0 Å². The summed E-state index contributed by atoms with van der Waals surface area (Å²) in [6.45, 7) is 1.96. The molecular weight excluding hydrogens is 283 g/mol. The molecule has 0 aromatic heterocycles. The molecule has 1 unspecified atom stereocenters.